The number of carbonyl (C=O) groups excluding carboxylic acids is 1. The summed E-state index contributed by atoms with van der Waals surface area (Å²) in [5.74, 6) is 0.893. The van der Waals surface area contributed by atoms with Gasteiger partial charge in [-0.1, -0.05) is 36.9 Å². The Balaban J connectivity index is 1.54. The van der Waals surface area contributed by atoms with Gasteiger partial charge in [0.05, 0.1) is 11.1 Å². The highest BCUT2D eigenvalue weighted by Gasteiger charge is 2.23. The summed E-state index contributed by atoms with van der Waals surface area (Å²) in [4.78, 5) is 36.7. The molecule has 28 heavy (non-hydrogen) atoms. The molecule has 4 rings (SSSR count). The Hall–Kier alpha value is -2.12. The van der Waals surface area contributed by atoms with E-state index in [0.717, 1.165) is 35.2 Å². The topological polar surface area (TPSA) is 66.1 Å². The van der Waals surface area contributed by atoms with E-state index >= 15 is 0 Å². The number of para-hydroxylation sites is 1. The normalized spacial score (nSPS) is 16.1. The number of benzene rings is 1. The molecular weight excluding hydrogens is 390 g/mol. The first-order valence-electron chi connectivity index (χ1n) is 9.59. The summed E-state index contributed by atoms with van der Waals surface area (Å²) < 4.78 is 0. The molecule has 1 N–H and O–H groups in total. The number of H-pyrrole nitrogens is 1. The van der Waals surface area contributed by atoms with E-state index in [-0.39, 0.29) is 17.2 Å². The van der Waals surface area contributed by atoms with Crippen molar-refractivity contribution in [2.75, 3.05) is 17.2 Å². The van der Waals surface area contributed by atoms with E-state index in [9.17, 15) is 9.59 Å². The molecular formula is C21H23N3O2S2. The zero-order chi connectivity index (χ0) is 19.7. The van der Waals surface area contributed by atoms with Gasteiger partial charge in [-0.05, 0) is 49.8 Å². The van der Waals surface area contributed by atoms with Gasteiger partial charge in [0.2, 0.25) is 5.91 Å². The lowest BCUT2D eigenvalue weighted by molar-refractivity contribution is -0.116. The van der Waals surface area contributed by atoms with Crippen LogP contribution in [0.2, 0.25) is 0 Å². The number of amides is 1. The van der Waals surface area contributed by atoms with Crippen LogP contribution in [-0.4, -0.2) is 28.2 Å². The second-order valence-electron chi connectivity index (χ2n) is 7.17. The van der Waals surface area contributed by atoms with Gasteiger partial charge in [-0.2, -0.15) is 0 Å². The first-order chi connectivity index (χ1) is 13.6. The summed E-state index contributed by atoms with van der Waals surface area (Å²) in [6.07, 6.45) is 3.10. The molecule has 5 nitrogen and oxygen atoms in total. The lowest BCUT2D eigenvalue weighted by Gasteiger charge is -2.20. The monoisotopic (exact) mass is 413 g/mol. The summed E-state index contributed by atoms with van der Waals surface area (Å²) in [6, 6.07) is 9.63. The predicted molar refractivity (Wildman–Crippen MR) is 117 cm³/mol. The number of carbonyl (C=O) groups is 1. The molecule has 0 saturated carbocycles. The molecule has 3 aromatic rings. The largest absolute Gasteiger partial charge is 0.312 e. The van der Waals surface area contributed by atoms with Gasteiger partial charge in [0, 0.05) is 17.1 Å². The fourth-order valence-corrected chi connectivity index (χ4v) is 5.89. The smallest absolute Gasteiger partial charge is 0.260 e. The van der Waals surface area contributed by atoms with Crippen LogP contribution in [0.1, 0.15) is 30.7 Å². The van der Waals surface area contributed by atoms with E-state index in [1.165, 1.54) is 22.2 Å². The zero-order valence-electron chi connectivity index (χ0n) is 16.0. The third-order valence-electron chi connectivity index (χ3n) is 5.16. The minimum atomic E-state index is -0.0811. The van der Waals surface area contributed by atoms with Gasteiger partial charge < -0.3 is 9.88 Å². The number of fused-ring (bicyclic) bond motifs is 3. The van der Waals surface area contributed by atoms with Crippen molar-refractivity contribution in [3.63, 3.8) is 0 Å². The fraction of sp³-hybridized carbons (Fsp3) is 0.381. The molecule has 0 bridgehead atoms. The molecule has 1 aliphatic carbocycles. The number of nitrogens with zero attached hydrogens (tertiary/aromatic N) is 2. The average Bonchev–Trinajstić information content (AvgIpc) is 3.05. The predicted octanol–water partition coefficient (Wildman–Crippen LogP) is 4.25. The fourth-order valence-electron chi connectivity index (χ4n) is 3.72. The number of nitrogens with one attached hydrogen (secondary N) is 1. The highest BCUT2D eigenvalue weighted by Crippen LogP contribution is 2.36. The molecule has 0 aliphatic heterocycles. The maximum Gasteiger partial charge on any atom is 0.260 e. The molecule has 0 saturated heterocycles. The van der Waals surface area contributed by atoms with E-state index in [1.54, 1.807) is 16.2 Å². The molecule has 146 valence electrons. The van der Waals surface area contributed by atoms with Crippen molar-refractivity contribution in [2.45, 2.75) is 38.3 Å². The number of hydrogen-bond acceptors (Lipinski definition) is 5. The number of anilines is 1. The van der Waals surface area contributed by atoms with Gasteiger partial charge in [-0.3, -0.25) is 9.59 Å². The van der Waals surface area contributed by atoms with Gasteiger partial charge in [0.1, 0.15) is 4.83 Å². The third-order valence-corrected chi connectivity index (χ3v) is 7.17. The first-order valence-corrected chi connectivity index (χ1v) is 11.4. The van der Waals surface area contributed by atoms with E-state index < -0.39 is 0 Å². The van der Waals surface area contributed by atoms with Crippen LogP contribution in [0.3, 0.4) is 0 Å². The molecule has 1 atom stereocenters. The van der Waals surface area contributed by atoms with Crippen molar-refractivity contribution in [3.8, 4) is 0 Å². The Morgan fingerprint density at radius 2 is 2.14 bits per heavy atom. The van der Waals surface area contributed by atoms with E-state index in [4.69, 9.17) is 0 Å². The maximum absolute atomic E-state index is 12.7. The minimum absolute atomic E-state index is 0.000690. The Morgan fingerprint density at radius 1 is 1.36 bits per heavy atom. The summed E-state index contributed by atoms with van der Waals surface area (Å²) in [5, 5.41) is 1.27. The molecule has 0 spiro atoms. The summed E-state index contributed by atoms with van der Waals surface area (Å²) >= 11 is 2.93. The zero-order valence-corrected chi connectivity index (χ0v) is 17.7. The van der Waals surface area contributed by atoms with Crippen molar-refractivity contribution >= 4 is 44.9 Å². The minimum Gasteiger partial charge on any atom is -0.312 e. The summed E-state index contributed by atoms with van der Waals surface area (Å²) in [6.45, 7) is 4.81. The average molecular weight is 414 g/mol. The number of aromatic amines is 1. The van der Waals surface area contributed by atoms with Crippen LogP contribution in [0.4, 0.5) is 5.69 Å². The third kappa shape index (κ3) is 3.73. The Labute approximate surface area is 172 Å². The van der Waals surface area contributed by atoms with Crippen molar-refractivity contribution in [1.29, 1.82) is 0 Å². The van der Waals surface area contributed by atoms with Crippen molar-refractivity contribution in [2.24, 2.45) is 5.92 Å². The first kappa shape index (κ1) is 19.2. The summed E-state index contributed by atoms with van der Waals surface area (Å²) in [7, 11) is 0. The SMILES string of the molecule is CCN(C(=O)CSc1nc2sc3c(c2c(=O)[nH]1)CCC(C)C3)c1ccccc1. The second-order valence-corrected chi connectivity index (χ2v) is 9.21. The molecule has 1 amide bonds. The Bertz CT molecular complexity index is 1060. The quantitative estimate of drug-likeness (QED) is 0.501. The van der Waals surface area contributed by atoms with Crippen molar-refractivity contribution in [3.05, 3.63) is 51.1 Å². The highest BCUT2D eigenvalue weighted by atomic mass is 32.2. The lowest BCUT2D eigenvalue weighted by Crippen LogP contribution is -2.32. The van der Waals surface area contributed by atoms with Crippen LogP contribution in [0, 0.1) is 5.92 Å². The molecule has 1 unspecified atom stereocenters. The second kappa shape index (κ2) is 8.09. The van der Waals surface area contributed by atoms with Crippen LogP contribution in [0.15, 0.2) is 40.3 Å². The van der Waals surface area contributed by atoms with Crippen LogP contribution >= 0.6 is 23.1 Å². The van der Waals surface area contributed by atoms with E-state index in [1.807, 2.05) is 37.3 Å². The molecule has 2 aromatic heterocycles. The lowest BCUT2D eigenvalue weighted by atomic mass is 9.89. The van der Waals surface area contributed by atoms with Gasteiger partial charge >= 0.3 is 0 Å². The standard InChI is InChI=1S/C21H23N3O2S2/c1-3-24(14-7-5-4-6-8-14)17(25)12-27-21-22-19(26)18-15-10-9-13(2)11-16(15)28-20(18)23-21/h4-8,13H,3,9-12H2,1-2H3,(H,22,23,26). The number of hydrogen-bond donors (Lipinski definition) is 1. The van der Waals surface area contributed by atoms with Crippen LogP contribution in [0.25, 0.3) is 10.2 Å². The number of thiophene rings is 1. The molecule has 7 heteroatoms. The van der Waals surface area contributed by atoms with Gasteiger partial charge in [-0.15, -0.1) is 11.3 Å². The number of thioether (sulfide) groups is 1. The van der Waals surface area contributed by atoms with E-state index in [2.05, 4.69) is 16.9 Å². The van der Waals surface area contributed by atoms with Gasteiger partial charge in [0.15, 0.2) is 5.16 Å². The van der Waals surface area contributed by atoms with E-state index in [0.29, 0.717) is 17.6 Å². The number of rotatable bonds is 5. The van der Waals surface area contributed by atoms with Crippen molar-refractivity contribution in [1.82, 2.24) is 9.97 Å². The number of aryl methyl sites for hydroxylation is 1. The highest BCUT2D eigenvalue weighted by molar-refractivity contribution is 7.99. The van der Waals surface area contributed by atoms with Crippen LogP contribution in [-0.2, 0) is 17.6 Å². The van der Waals surface area contributed by atoms with Crippen LogP contribution in [0.5, 0.6) is 0 Å². The van der Waals surface area contributed by atoms with Gasteiger partial charge in [0.25, 0.3) is 5.56 Å². The molecule has 0 fully saturated rings. The molecule has 2 heterocycles. The van der Waals surface area contributed by atoms with Gasteiger partial charge in [-0.25, -0.2) is 4.98 Å². The Morgan fingerprint density at radius 3 is 2.89 bits per heavy atom. The van der Waals surface area contributed by atoms with Crippen LogP contribution < -0.4 is 10.5 Å². The molecule has 0 radical (unpaired) electrons. The molecule has 1 aliphatic rings. The van der Waals surface area contributed by atoms with Crippen molar-refractivity contribution < 1.29 is 4.79 Å². The number of aromatic nitrogens is 2. The Kier molecular flexibility index (Phi) is 5.55. The maximum atomic E-state index is 12.7. The molecule has 1 aromatic carbocycles. The summed E-state index contributed by atoms with van der Waals surface area (Å²) in [5.41, 5.74) is 1.98.